The number of rotatable bonds is 8. The summed E-state index contributed by atoms with van der Waals surface area (Å²) in [6.07, 6.45) is 0.852. The number of nitrogens with one attached hydrogen (secondary N) is 1. The number of ether oxygens (including phenoxy) is 2. The Morgan fingerprint density at radius 1 is 0.818 bits per heavy atom. The van der Waals surface area contributed by atoms with Gasteiger partial charge in [-0.2, -0.15) is 0 Å². The lowest BCUT2D eigenvalue weighted by Gasteiger charge is -2.16. The summed E-state index contributed by atoms with van der Waals surface area (Å²) in [5.74, 6) is 1.38. The van der Waals surface area contributed by atoms with Crippen LogP contribution in [0.3, 0.4) is 0 Å². The molecule has 0 fully saturated rings. The summed E-state index contributed by atoms with van der Waals surface area (Å²) in [5, 5.41) is 5.28. The van der Waals surface area contributed by atoms with E-state index in [0.717, 1.165) is 51.1 Å². The molecule has 0 spiro atoms. The quantitative estimate of drug-likeness (QED) is 0.323. The highest BCUT2D eigenvalue weighted by atomic mass is 16.5. The van der Waals surface area contributed by atoms with Crippen LogP contribution in [0, 0.1) is 6.92 Å². The standard InChI is InChI=1S/C29H29NO3/c1-4-21-12-8-10-20(3)28(21)30-29(31)23-16-17-26(32-5-2)24(18-23)19-33-27-15-9-13-22-11-6-7-14-25(22)27/h6-18H,4-5,19H2,1-3H3,(H,30,31). The number of fused-ring (bicyclic) bond motifs is 1. The van der Waals surface area contributed by atoms with Crippen molar-refractivity contribution in [1.82, 2.24) is 0 Å². The summed E-state index contributed by atoms with van der Waals surface area (Å²) < 4.78 is 12.0. The summed E-state index contributed by atoms with van der Waals surface area (Å²) in [4.78, 5) is 13.1. The van der Waals surface area contributed by atoms with Crippen molar-refractivity contribution in [1.29, 1.82) is 0 Å². The number of hydrogen-bond acceptors (Lipinski definition) is 3. The van der Waals surface area contributed by atoms with E-state index in [-0.39, 0.29) is 5.91 Å². The average molecular weight is 440 g/mol. The van der Waals surface area contributed by atoms with Crippen molar-refractivity contribution in [2.75, 3.05) is 11.9 Å². The van der Waals surface area contributed by atoms with Gasteiger partial charge in [-0.25, -0.2) is 0 Å². The van der Waals surface area contributed by atoms with Gasteiger partial charge in [0.1, 0.15) is 18.1 Å². The van der Waals surface area contributed by atoms with Crippen molar-refractivity contribution in [3.8, 4) is 11.5 Å². The molecule has 0 saturated heterocycles. The van der Waals surface area contributed by atoms with Gasteiger partial charge in [0.25, 0.3) is 5.91 Å². The molecule has 4 nitrogen and oxygen atoms in total. The molecule has 0 aliphatic rings. The van der Waals surface area contributed by atoms with E-state index >= 15 is 0 Å². The summed E-state index contributed by atoms with van der Waals surface area (Å²) in [5.41, 5.74) is 4.45. The highest BCUT2D eigenvalue weighted by Crippen LogP contribution is 2.29. The zero-order valence-electron chi connectivity index (χ0n) is 19.4. The molecule has 4 aromatic carbocycles. The fourth-order valence-electron chi connectivity index (χ4n) is 3.99. The minimum Gasteiger partial charge on any atom is -0.493 e. The van der Waals surface area contributed by atoms with Crippen LogP contribution in [0.1, 0.15) is 40.9 Å². The molecular formula is C29H29NO3. The molecule has 4 aromatic rings. The molecule has 0 atom stereocenters. The number of carbonyl (C=O) groups is 1. The third-order valence-corrected chi connectivity index (χ3v) is 5.73. The first-order chi connectivity index (χ1) is 16.1. The fourth-order valence-corrected chi connectivity index (χ4v) is 3.99. The van der Waals surface area contributed by atoms with Crippen molar-refractivity contribution in [2.24, 2.45) is 0 Å². The van der Waals surface area contributed by atoms with Crippen molar-refractivity contribution >= 4 is 22.4 Å². The van der Waals surface area contributed by atoms with Crippen LogP contribution >= 0.6 is 0 Å². The molecule has 0 aromatic heterocycles. The molecule has 1 amide bonds. The lowest BCUT2D eigenvalue weighted by atomic mass is 10.0. The summed E-state index contributed by atoms with van der Waals surface area (Å²) >= 11 is 0. The molecule has 0 aliphatic heterocycles. The predicted molar refractivity (Wildman–Crippen MR) is 134 cm³/mol. The van der Waals surface area contributed by atoms with E-state index in [4.69, 9.17) is 9.47 Å². The number of carbonyl (C=O) groups excluding carboxylic acids is 1. The SMILES string of the molecule is CCOc1ccc(C(=O)Nc2c(C)cccc2CC)cc1COc1cccc2ccccc12. The van der Waals surface area contributed by atoms with E-state index in [1.54, 1.807) is 6.07 Å². The zero-order chi connectivity index (χ0) is 23.2. The predicted octanol–water partition coefficient (Wildman–Crippen LogP) is 6.94. The van der Waals surface area contributed by atoms with Crippen molar-refractivity contribution < 1.29 is 14.3 Å². The van der Waals surface area contributed by atoms with Gasteiger partial charge in [0, 0.05) is 22.2 Å². The van der Waals surface area contributed by atoms with E-state index in [0.29, 0.717) is 18.8 Å². The average Bonchev–Trinajstić information content (AvgIpc) is 2.84. The first-order valence-corrected chi connectivity index (χ1v) is 11.4. The van der Waals surface area contributed by atoms with Crippen molar-refractivity contribution in [3.63, 3.8) is 0 Å². The molecule has 0 unspecified atom stereocenters. The Kier molecular flexibility index (Phi) is 6.94. The Balaban J connectivity index is 1.60. The van der Waals surface area contributed by atoms with Crippen LogP contribution in [0.4, 0.5) is 5.69 Å². The van der Waals surface area contributed by atoms with E-state index in [1.807, 2.05) is 74.5 Å². The second-order valence-electron chi connectivity index (χ2n) is 7.94. The van der Waals surface area contributed by atoms with Gasteiger partial charge in [0.05, 0.1) is 6.61 Å². The number of aryl methyl sites for hydroxylation is 2. The number of anilines is 1. The maximum Gasteiger partial charge on any atom is 0.255 e. The fraction of sp³-hybridized carbons (Fsp3) is 0.207. The van der Waals surface area contributed by atoms with Crippen LogP contribution in [-0.4, -0.2) is 12.5 Å². The summed E-state index contributed by atoms with van der Waals surface area (Å²) in [6, 6.07) is 25.7. The first kappa shape index (κ1) is 22.4. The second-order valence-corrected chi connectivity index (χ2v) is 7.94. The van der Waals surface area contributed by atoms with Crippen molar-refractivity contribution in [3.05, 3.63) is 101 Å². The van der Waals surface area contributed by atoms with Gasteiger partial charge in [-0.3, -0.25) is 4.79 Å². The highest BCUT2D eigenvalue weighted by Gasteiger charge is 2.14. The minimum atomic E-state index is -0.145. The van der Waals surface area contributed by atoms with Crippen LogP contribution < -0.4 is 14.8 Å². The number of para-hydroxylation sites is 1. The van der Waals surface area contributed by atoms with Crippen LogP contribution in [0.25, 0.3) is 10.8 Å². The van der Waals surface area contributed by atoms with Crippen LogP contribution in [-0.2, 0) is 13.0 Å². The molecule has 0 saturated carbocycles. The lowest BCUT2D eigenvalue weighted by molar-refractivity contribution is 0.102. The third kappa shape index (κ3) is 5.01. The van der Waals surface area contributed by atoms with E-state index in [1.165, 1.54) is 0 Å². The summed E-state index contributed by atoms with van der Waals surface area (Å²) in [6.45, 7) is 6.88. The van der Waals surface area contributed by atoms with Gasteiger partial charge in [0.15, 0.2) is 0 Å². The third-order valence-electron chi connectivity index (χ3n) is 5.73. The smallest absolute Gasteiger partial charge is 0.255 e. The van der Waals surface area contributed by atoms with E-state index in [2.05, 4.69) is 24.4 Å². The lowest BCUT2D eigenvalue weighted by Crippen LogP contribution is -2.15. The molecule has 1 N–H and O–H groups in total. The Morgan fingerprint density at radius 3 is 2.42 bits per heavy atom. The van der Waals surface area contributed by atoms with Crippen LogP contribution in [0.2, 0.25) is 0 Å². The van der Waals surface area contributed by atoms with Crippen molar-refractivity contribution in [2.45, 2.75) is 33.8 Å². The molecule has 168 valence electrons. The van der Waals surface area contributed by atoms with Gasteiger partial charge < -0.3 is 14.8 Å². The van der Waals surface area contributed by atoms with Gasteiger partial charge in [-0.1, -0.05) is 61.5 Å². The number of benzene rings is 4. The number of amides is 1. The largest absolute Gasteiger partial charge is 0.493 e. The van der Waals surface area contributed by atoms with Crippen LogP contribution in [0.15, 0.2) is 78.9 Å². The van der Waals surface area contributed by atoms with Gasteiger partial charge in [0.2, 0.25) is 0 Å². The van der Waals surface area contributed by atoms with Gasteiger partial charge in [-0.15, -0.1) is 0 Å². The normalized spacial score (nSPS) is 10.8. The molecular weight excluding hydrogens is 410 g/mol. The van der Waals surface area contributed by atoms with Gasteiger partial charge in [-0.05, 0) is 61.0 Å². The Bertz CT molecular complexity index is 1270. The highest BCUT2D eigenvalue weighted by molar-refractivity contribution is 6.05. The second kappa shape index (κ2) is 10.2. The molecule has 0 heterocycles. The monoisotopic (exact) mass is 439 g/mol. The Hall–Kier alpha value is -3.79. The topological polar surface area (TPSA) is 47.6 Å². The first-order valence-electron chi connectivity index (χ1n) is 11.4. The maximum absolute atomic E-state index is 13.1. The molecule has 0 bridgehead atoms. The van der Waals surface area contributed by atoms with Crippen LogP contribution in [0.5, 0.6) is 11.5 Å². The Labute approximate surface area is 195 Å². The molecule has 0 aliphatic carbocycles. The minimum absolute atomic E-state index is 0.145. The molecule has 4 heteroatoms. The van der Waals surface area contributed by atoms with Gasteiger partial charge >= 0.3 is 0 Å². The zero-order valence-corrected chi connectivity index (χ0v) is 19.4. The summed E-state index contributed by atoms with van der Waals surface area (Å²) in [7, 11) is 0. The number of hydrogen-bond donors (Lipinski definition) is 1. The molecule has 4 rings (SSSR count). The van der Waals surface area contributed by atoms with E-state index < -0.39 is 0 Å². The van der Waals surface area contributed by atoms with E-state index in [9.17, 15) is 4.79 Å². The molecule has 33 heavy (non-hydrogen) atoms. The Morgan fingerprint density at radius 2 is 1.61 bits per heavy atom. The molecule has 0 radical (unpaired) electrons. The maximum atomic E-state index is 13.1.